The number of aromatic nitrogens is 2. The molecule has 0 saturated carbocycles. The van der Waals surface area contributed by atoms with Crippen molar-refractivity contribution >= 4 is 26.8 Å². The number of hydrogen-bond acceptors (Lipinski definition) is 5. The highest BCUT2D eigenvalue weighted by molar-refractivity contribution is 7.89. The van der Waals surface area contributed by atoms with E-state index in [-0.39, 0.29) is 18.2 Å². The van der Waals surface area contributed by atoms with Crippen LogP contribution < -0.4 is 11.1 Å². The maximum absolute atomic E-state index is 12.5. The Morgan fingerprint density at radius 2 is 1.92 bits per heavy atom. The number of pyridine rings is 1. The smallest absolute Gasteiger partial charge is 0.366 e. The van der Waals surface area contributed by atoms with E-state index in [2.05, 4.69) is 15.3 Å². The normalized spacial score (nSPS) is 16.0. The number of aromatic amines is 1. The van der Waals surface area contributed by atoms with Gasteiger partial charge >= 0.3 is 6.18 Å². The Morgan fingerprint density at radius 3 is 2.56 bits per heavy atom. The molecule has 0 spiro atoms. The highest BCUT2D eigenvalue weighted by atomic mass is 32.2. The quantitative estimate of drug-likeness (QED) is 0.417. The van der Waals surface area contributed by atoms with Gasteiger partial charge < -0.3 is 16.0 Å². The second-order valence-corrected chi connectivity index (χ2v) is 11.2. The summed E-state index contributed by atoms with van der Waals surface area (Å²) in [5, 5.41) is 3.16. The lowest BCUT2D eigenvalue weighted by molar-refractivity contribution is -0.125. The number of alkyl halides is 3. The van der Waals surface area contributed by atoms with Crippen molar-refractivity contribution in [1.82, 2.24) is 19.6 Å². The Hall–Kier alpha value is -2.96. The molecule has 1 amide bonds. The maximum atomic E-state index is 12.5. The number of nitrogens with two attached hydrogens (primary N) is 1. The molecule has 0 aliphatic carbocycles. The number of halogens is 3. The van der Waals surface area contributed by atoms with E-state index in [0.29, 0.717) is 53.7 Å². The van der Waals surface area contributed by atoms with Crippen molar-refractivity contribution in [3.05, 3.63) is 53.5 Å². The molecule has 12 heteroatoms. The average Bonchev–Trinajstić information content (AvgIpc) is 3.27. The van der Waals surface area contributed by atoms with E-state index in [1.807, 2.05) is 12.3 Å². The minimum atomic E-state index is -4.31. The molecule has 1 saturated heterocycles. The number of primary amides is 1. The van der Waals surface area contributed by atoms with Gasteiger partial charge in [-0.3, -0.25) is 9.78 Å². The topological polar surface area (TPSA) is 121 Å². The van der Waals surface area contributed by atoms with Crippen LogP contribution in [0.25, 0.3) is 22.0 Å². The van der Waals surface area contributed by atoms with Crippen molar-refractivity contribution < 1.29 is 26.4 Å². The third kappa shape index (κ3) is 5.71. The van der Waals surface area contributed by atoms with Crippen molar-refractivity contribution in [3.8, 4) is 11.1 Å². The van der Waals surface area contributed by atoms with Crippen molar-refractivity contribution in [3.63, 3.8) is 0 Å². The van der Waals surface area contributed by atoms with Crippen molar-refractivity contribution in [1.29, 1.82) is 0 Å². The van der Waals surface area contributed by atoms with E-state index < -0.39 is 28.7 Å². The molecule has 8 nitrogen and oxygen atoms in total. The number of fused-ring (bicyclic) bond motifs is 1. The van der Waals surface area contributed by atoms with Crippen LogP contribution in [0.4, 0.5) is 13.2 Å². The molecule has 0 bridgehead atoms. The van der Waals surface area contributed by atoms with Crippen LogP contribution in [0.3, 0.4) is 0 Å². The van der Waals surface area contributed by atoms with Gasteiger partial charge in [-0.25, -0.2) is 12.7 Å². The molecule has 0 atom stereocenters. The molecule has 2 aromatic heterocycles. The summed E-state index contributed by atoms with van der Waals surface area (Å²) in [5.41, 5.74) is 9.40. The lowest BCUT2D eigenvalue weighted by atomic mass is 9.88. The van der Waals surface area contributed by atoms with Crippen molar-refractivity contribution in [2.75, 3.05) is 25.4 Å². The van der Waals surface area contributed by atoms with Crippen LogP contribution in [0.15, 0.2) is 36.8 Å². The van der Waals surface area contributed by atoms with Crippen LogP contribution in [0.5, 0.6) is 0 Å². The number of sulfonamides is 1. The summed E-state index contributed by atoms with van der Waals surface area (Å²) in [6.45, 7) is 1.35. The van der Waals surface area contributed by atoms with Crippen LogP contribution >= 0.6 is 0 Å². The molecular weight excluding hydrogens is 495 g/mol. The first kappa shape index (κ1) is 26.1. The molecule has 36 heavy (non-hydrogen) atoms. The molecule has 1 fully saturated rings. The predicted octanol–water partition coefficient (Wildman–Crippen LogP) is 3.51. The molecule has 3 heterocycles. The molecule has 1 aliphatic rings. The number of hydrogen-bond donors (Lipinski definition) is 3. The molecule has 4 rings (SSSR count). The highest BCUT2D eigenvalue weighted by Crippen LogP contribution is 2.37. The van der Waals surface area contributed by atoms with Gasteiger partial charge in [-0.15, -0.1) is 0 Å². The lowest BCUT2D eigenvalue weighted by Gasteiger charge is -2.31. The van der Waals surface area contributed by atoms with Gasteiger partial charge in [-0.1, -0.05) is 0 Å². The number of carbonyl (C=O) groups is 1. The lowest BCUT2D eigenvalue weighted by Crippen LogP contribution is -2.38. The molecule has 1 aromatic carbocycles. The first-order chi connectivity index (χ1) is 17.0. The van der Waals surface area contributed by atoms with Gasteiger partial charge in [0.1, 0.15) is 0 Å². The Balaban J connectivity index is 1.65. The van der Waals surface area contributed by atoms with E-state index >= 15 is 0 Å². The summed E-state index contributed by atoms with van der Waals surface area (Å²) in [7, 11) is -3.25. The standard InChI is InChI=1S/C24H28F3N5O3S/c1-2-36(34,35)32-5-3-16(4-6-32)21-13-31-22-19(21)8-17(9-20(22)23(28)33)18-7-15(10-29-12-18)11-30-14-24(25,26)27/h7-10,12-13,16,30-31H,2-6,11,14H2,1H3,(H2,28,33). The third-order valence-corrected chi connectivity index (χ3v) is 8.40. The Kier molecular flexibility index (Phi) is 7.39. The van der Waals surface area contributed by atoms with Crippen LogP contribution in [-0.4, -0.2) is 60.2 Å². The van der Waals surface area contributed by atoms with Gasteiger partial charge in [0.2, 0.25) is 10.0 Å². The first-order valence-electron chi connectivity index (χ1n) is 11.6. The van der Waals surface area contributed by atoms with E-state index in [1.165, 1.54) is 10.5 Å². The number of rotatable bonds is 8. The number of benzene rings is 1. The second kappa shape index (κ2) is 10.2. The summed E-state index contributed by atoms with van der Waals surface area (Å²) in [6, 6.07) is 5.28. The van der Waals surface area contributed by atoms with Gasteiger partial charge in [-0.05, 0) is 60.6 Å². The summed E-state index contributed by atoms with van der Waals surface area (Å²) in [6.07, 6.45) is 1.88. The zero-order chi connectivity index (χ0) is 26.1. The molecule has 194 valence electrons. The zero-order valence-corrected chi connectivity index (χ0v) is 20.5. The molecule has 0 radical (unpaired) electrons. The average molecular weight is 524 g/mol. The van der Waals surface area contributed by atoms with Gasteiger partial charge in [0, 0.05) is 49.2 Å². The molecular formula is C24H28F3N5O3S. The zero-order valence-electron chi connectivity index (χ0n) is 19.7. The van der Waals surface area contributed by atoms with E-state index in [9.17, 15) is 26.4 Å². The summed E-state index contributed by atoms with van der Waals surface area (Å²) in [4.78, 5) is 19.6. The monoisotopic (exact) mass is 523 g/mol. The summed E-state index contributed by atoms with van der Waals surface area (Å²) in [5.74, 6) is -0.460. The van der Waals surface area contributed by atoms with Crippen LogP contribution in [0.2, 0.25) is 0 Å². The number of carbonyl (C=O) groups excluding carboxylic acids is 1. The molecule has 1 aliphatic heterocycles. The van der Waals surface area contributed by atoms with Gasteiger partial charge in [0.05, 0.1) is 23.4 Å². The van der Waals surface area contributed by atoms with E-state index in [4.69, 9.17) is 5.73 Å². The van der Waals surface area contributed by atoms with Gasteiger partial charge in [0.25, 0.3) is 5.91 Å². The number of amides is 1. The van der Waals surface area contributed by atoms with Crippen molar-refractivity contribution in [2.45, 2.75) is 38.4 Å². The fourth-order valence-electron chi connectivity index (χ4n) is 4.67. The third-order valence-electron chi connectivity index (χ3n) is 6.52. The van der Waals surface area contributed by atoms with Crippen LogP contribution in [-0.2, 0) is 16.6 Å². The number of piperidine rings is 1. The number of H-pyrrole nitrogens is 1. The van der Waals surface area contributed by atoms with Crippen LogP contribution in [0, 0.1) is 0 Å². The summed E-state index contributed by atoms with van der Waals surface area (Å²) < 4.78 is 63.4. The predicted molar refractivity (Wildman–Crippen MR) is 131 cm³/mol. The fourth-order valence-corrected chi connectivity index (χ4v) is 5.80. The van der Waals surface area contributed by atoms with Crippen LogP contribution in [0.1, 0.15) is 47.2 Å². The Morgan fingerprint density at radius 1 is 1.19 bits per heavy atom. The highest BCUT2D eigenvalue weighted by Gasteiger charge is 2.29. The minimum absolute atomic E-state index is 0.0140. The Labute approximate surface area is 207 Å². The summed E-state index contributed by atoms with van der Waals surface area (Å²) >= 11 is 0. The Bertz CT molecular complexity index is 1360. The molecule has 4 N–H and O–H groups in total. The van der Waals surface area contributed by atoms with E-state index in [1.54, 1.807) is 25.3 Å². The van der Waals surface area contributed by atoms with Gasteiger partial charge in [0.15, 0.2) is 0 Å². The number of nitrogens with zero attached hydrogens (tertiary/aromatic N) is 2. The minimum Gasteiger partial charge on any atom is -0.366 e. The fraction of sp³-hybridized carbons (Fsp3) is 0.417. The molecule has 0 unspecified atom stereocenters. The number of nitrogens with one attached hydrogen (secondary N) is 2. The first-order valence-corrected chi connectivity index (χ1v) is 13.2. The van der Waals surface area contributed by atoms with Crippen molar-refractivity contribution in [2.24, 2.45) is 5.73 Å². The SMILES string of the molecule is CCS(=O)(=O)N1CCC(c2c[nH]c3c(C(N)=O)cc(-c4cncc(CNCC(F)(F)F)c4)cc23)CC1. The van der Waals surface area contributed by atoms with Gasteiger partial charge in [-0.2, -0.15) is 13.2 Å². The largest absolute Gasteiger partial charge is 0.401 e. The molecule has 3 aromatic rings. The van der Waals surface area contributed by atoms with E-state index in [0.717, 1.165) is 10.9 Å². The second-order valence-electron chi connectivity index (χ2n) is 8.93. The maximum Gasteiger partial charge on any atom is 0.401 e.